The fourth-order valence-electron chi connectivity index (χ4n) is 2.04. The summed E-state index contributed by atoms with van der Waals surface area (Å²) in [5, 5.41) is 11.7. The summed E-state index contributed by atoms with van der Waals surface area (Å²) in [4.78, 5) is 3.81. The van der Waals surface area contributed by atoms with E-state index in [1.165, 1.54) is 16.0 Å². The van der Waals surface area contributed by atoms with Crippen molar-refractivity contribution in [3.63, 3.8) is 0 Å². The monoisotopic (exact) mass is 226 g/mol. The Kier molecular flexibility index (Phi) is 3.41. The van der Waals surface area contributed by atoms with E-state index >= 15 is 0 Å². The molecule has 0 saturated heterocycles. The van der Waals surface area contributed by atoms with Crippen molar-refractivity contribution in [2.24, 2.45) is 5.73 Å². The second-order valence-corrected chi connectivity index (χ2v) is 5.16. The number of hydrogen-bond acceptors (Lipinski definition) is 4. The van der Waals surface area contributed by atoms with E-state index in [-0.39, 0.29) is 6.10 Å². The maximum atomic E-state index is 9.51. The van der Waals surface area contributed by atoms with Crippen LogP contribution >= 0.6 is 11.3 Å². The fraction of sp³-hybridized carbons (Fsp3) is 0.636. The number of nitrogens with two attached hydrogens (primary N) is 1. The van der Waals surface area contributed by atoms with Crippen LogP contribution in [-0.2, 0) is 13.0 Å². The van der Waals surface area contributed by atoms with Gasteiger partial charge in [0.15, 0.2) is 0 Å². The average Bonchev–Trinajstić information content (AvgIpc) is 2.60. The fourth-order valence-corrected chi connectivity index (χ4v) is 3.07. The van der Waals surface area contributed by atoms with Gasteiger partial charge >= 0.3 is 0 Å². The van der Waals surface area contributed by atoms with E-state index in [1.54, 1.807) is 0 Å². The number of β-amino-alcohol motifs (C(OH)–C–C–N with tert-alkyl or cyclic N) is 1. The average molecular weight is 226 g/mol. The molecule has 0 aromatic carbocycles. The molecule has 84 valence electrons. The summed E-state index contributed by atoms with van der Waals surface area (Å²) in [6.07, 6.45) is 0.732. The molecule has 0 saturated carbocycles. The van der Waals surface area contributed by atoms with Crippen LogP contribution in [-0.4, -0.2) is 35.7 Å². The molecule has 0 radical (unpaired) electrons. The van der Waals surface area contributed by atoms with Gasteiger partial charge in [0.25, 0.3) is 0 Å². The van der Waals surface area contributed by atoms with Gasteiger partial charge in [0, 0.05) is 31.1 Å². The van der Waals surface area contributed by atoms with Crippen LogP contribution in [0.1, 0.15) is 16.0 Å². The van der Waals surface area contributed by atoms with Crippen LogP contribution < -0.4 is 5.73 Å². The van der Waals surface area contributed by atoms with Crippen LogP contribution in [0.4, 0.5) is 0 Å². The number of aliphatic hydroxyl groups excluding tert-OH is 1. The van der Waals surface area contributed by atoms with Crippen LogP contribution in [0.2, 0.25) is 0 Å². The lowest BCUT2D eigenvalue weighted by molar-refractivity contribution is 0.112. The van der Waals surface area contributed by atoms with Crippen molar-refractivity contribution in [3.8, 4) is 0 Å². The Morgan fingerprint density at radius 1 is 1.67 bits per heavy atom. The van der Waals surface area contributed by atoms with Gasteiger partial charge in [0.1, 0.15) is 0 Å². The number of hydrogen-bond donors (Lipinski definition) is 2. The molecule has 2 rings (SSSR count). The molecule has 0 unspecified atom stereocenters. The highest BCUT2D eigenvalue weighted by Gasteiger charge is 2.20. The molecule has 15 heavy (non-hydrogen) atoms. The van der Waals surface area contributed by atoms with Crippen LogP contribution in [0.5, 0.6) is 0 Å². The van der Waals surface area contributed by atoms with Gasteiger partial charge in [-0.2, -0.15) is 0 Å². The normalized spacial score (nSPS) is 18.9. The Hall–Kier alpha value is -0.420. The maximum Gasteiger partial charge on any atom is 0.0789 e. The molecule has 0 fully saturated rings. The number of aryl methyl sites for hydroxylation is 1. The molecule has 1 aliphatic rings. The summed E-state index contributed by atoms with van der Waals surface area (Å²) in [5.74, 6) is 0. The van der Waals surface area contributed by atoms with Crippen molar-refractivity contribution >= 4 is 11.3 Å². The van der Waals surface area contributed by atoms with Crippen molar-refractivity contribution in [3.05, 3.63) is 21.4 Å². The highest BCUT2D eigenvalue weighted by atomic mass is 32.1. The summed E-state index contributed by atoms with van der Waals surface area (Å²) in [7, 11) is 0. The molecule has 1 aromatic rings. The molecule has 3 nitrogen and oxygen atoms in total. The van der Waals surface area contributed by atoms with Gasteiger partial charge in [0.05, 0.1) is 6.10 Å². The summed E-state index contributed by atoms with van der Waals surface area (Å²) in [6, 6.07) is 0. The summed E-state index contributed by atoms with van der Waals surface area (Å²) >= 11 is 1.86. The third kappa shape index (κ3) is 2.39. The number of aliphatic hydroxyl groups is 1. The van der Waals surface area contributed by atoms with Gasteiger partial charge in [-0.1, -0.05) is 0 Å². The Morgan fingerprint density at radius 3 is 3.20 bits per heavy atom. The van der Waals surface area contributed by atoms with Crippen LogP contribution in [0.3, 0.4) is 0 Å². The second-order valence-electron chi connectivity index (χ2n) is 4.20. The molecule has 1 aliphatic heterocycles. The Balaban J connectivity index is 2.01. The molecular weight excluding hydrogens is 208 g/mol. The molecule has 0 amide bonds. The minimum Gasteiger partial charge on any atom is -0.390 e. The van der Waals surface area contributed by atoms with Crippen LogP contribution in [0.15, 0.2) is 5.38 Å². The van der Waals surface area contributed by atoms with E-state index in [1.807, 2.05) is 11.3 Å². The smallest absolute Gasteiger partial charge is 0.0789 e. The highest BCUT2D eigenvalue weighted by Crippen LogP contribution is 2.27. The predicted octanol–water partition coefficient (Wildman–Crippen LogP) is 0.734. The topological polar surface area (TPSA) is 49.5 Å². The number of rotatable bonds is 3. The van der Waals surface area contributed by atoms with E-state index in [0.717, 1.165) is 19.5 Å². The summed E-state index contributed by atoms with van der Waals surface area (Å²) < 4.78 is 0. The number of thiophene rings is 1. The Labute approximate surface area is 94.5 Å². The summed E-state index contributed by atoms with van der Waals surface area (Å²) in [5.41, 5.74) is 8.28. The van der Waals surface area contributed by atoms with Crippen molar-refractivity contribution in [2.45, 2.75) is 26.0 Å². The van der Waals surface area contributed by atoms with E-state index in [4.69, 9.17) is 5.73 Å². The number of fused-ring (bicyclic) bond motifs is 1. The third-order valence-electron chi connectivity index (χ3n) is 2.97. The van der Waals surface area contributed by atoms with Crippen molar-refractivity contribution < 1.29 is 5.11 Å². The molecule has 0 aliphatic carbocycles. The van der Waals surface area contributed by atoms with E-state index < -0.39 is 0 Å². The van der Waals surface area contributed by atoms with E-state index in [2.05, 4.69) is 17.2 Å². The first-order chi connectivity index (χ1) is 7.20. The van der Waals surface area contributed by atoms with Gasteiger partial charge < -0.3 is 10.8 Å². The zero-order valence-electron chi connectivity index (χ0n) is 9.07. The minimum absolute atomic E-state index is 0.353. The predicted molar refractivity (Wildman–Crippen MR) is 63.1 cm³/mol. The summed E-state index contributed by atoms with van der Waals surface area (Å²) in [6.45, 7) is 5.24. The van der Waals surface area contributed by atoms with Crippen LogP contribution in [0, 0.1) is 6.92 Å². The molecule has 0 bridgehead atoms. The first-order valence-electron chi connectivity index (χ1n) is 5.37. The van der Waals surface area contributed by atoms with E-state index in [0.29, 0.717) is 13.1 Å². The largest absolute Gasteiger partial charge is 0.390 e. The highest BCUT2D eigenvalue weighted by molar-refractivity contribution is 7.10. The quantitative estimate of drug-likeness (QED) is 0.799. The standard InChI is InChI=1S/C11H18N2OS/c1-8-7-15-11-2-3-13(6-10(8)11)5-9(14)4-12/h7,9,14H,2-6,12H2,1H3/t9-/m0/s1. The minimum atomic E-state index is -0.384. The van der Waals surface area contributed by atoms with Gasteiger partial charge in [-0.3, -0.25) is 4.90 Å². The van der Waals surface area contributed by atoms with Gasteiger partial charge in [-0.15, -0.1) is 11.3 Å². The molecule has 3 N–H and O–H groups in total. The van der Waals surface area contributed by atoms with Crippen molar-refractivity contribution in [1.82, 2.24) is 4.90 Å². The maximum absolute atomic E-state index is 9.51. The van der Waals surface area contributed by atoms with Crippen LogP contribution in [0.25, 0.3) is 0 Å². The Bertz CT molecular complexity index is 337. The zero-order chi connectivity index (χ0) is 10.8. The van der Waals surface area contributed by atoms with Gasteiger partial charge in [-0.25, -0.2) is 0 Å². The lowest BCUT2D eigenvalue weighted by atomic mass is 10.1. The van der Waals surface area contributed by atoms with E-state index in [9.17, 15) is 5.11 Å². The molecule has 2 heterocycles. The molecule has 4 heteroatoms. The second kappa shape index (κ2) is 4.61. The lowest BCUT2D eigenvalue weighted by Gasteiger charge is -2.28. The third-order valence-corrected chi connectivity index (χ3v) is 4.17. The lowest BCUT2D eigenvalue weighted by Crippen LogP contribution is -2.39. The first kappa shape index (κ1) is 11.1. The van der Waals surface area contributed by atoms with Crippen molar-refractivity contribution in [1.29, 1.82) is 0 Å². The van der Waals surface area contributed by atoms with Crippen molar-refractivity contribution in [2.75, 3.05) is 19.6 Å². The zero-order valence-corrected chi connectivity index (χ0v) is 9.89. The molecule has 1 atom stereocenters. The van der Waals surface area contributed by atoms with Gasteiger partial charge in [0.2, 0.25) is 0 Å². The number of nitrogens with zero attached hydrogens (tertiary/aromatic N) is 1. The molecule has 0 spiro atoms. The SMILES string of the molecule is Cc1csc2c1CN(C[C@@H](O)CN)CC2. The molecule has 1 aromatic heterocycles. The first-order valence-corrected chi connectivity index (χ1v) is 6.25. The van der Waals surface area contributed by atoms with Gasteiger partial charge in [-0.05, 0) is 29.9 Å². The Morgan fingerprint density at radius 2 is 2.47 bits per heavy atom. The molecular formula is C11H18N2OS.